The molecule has 0 heterocycles. The normalized spacial score (nSPS) is 16.5. The SMILES string of the molecule is CCCCCCCCSCCC(C(O)C(CCC)C(C)(C)C)C(C)(C)C. The number of rotatable bonds is 14. The lowest BCUT2D eigenvalue weighted by Crippen LogP contribution is -2.42. The van der Waals surface area contributed by atoms with Crippen molar-refractivity contribution < 1.29 is 5.11 Å². The fraction of sp³-hybridized carbons (Fsp3) is 1.00. The largest absolute Gasteiger partial charge is 0.393 e. The van der Waals surface area contributed by atoms with Crippen molar-refractivity contribution in [3.63, 3.8) is 0 Å². The van der Waals surface area contributed by atoms with Crippen LogP contribution in [0.15, 0.2) is 0 Å². The lowest BCUT2D eigenvalue weighted by molar-refractivity contribution is -0.0414. The third kappa shape index (κ3) is 11.2. The molecular weight excluding hydrogens is 336 g/mol. The molecule has 3 unspecified atom stereocenters. The highest BCUT2D eigenvalue weighted by molar-refractivity contribution is 7.99. The molecule has 3 atom stereocenters. The summed E-state index contributed by atoms with van der Waals surface area (Å²) in [6.45, 7) is 18.3. The third-order valence-corrected chi connectivity index (χ3v) is 6.97. The minimum atomic E-state index is -0.190. The second-order valence-corrected chi connectivity index (χ2v) is 11.6. The number of hydrogen-bond acceptors (Lipinski definition) is 2. The average molecular weight is 387 g/mol. The van der Waals surface area contributed by atoms with Gasteiger partial charge in [0.15, 0.2) is 0 Å². The van der Waals surface area contributed by atoms with Crippen molar-refractivity contribution >= 4 is 11.8 Å². The zero-order valence-electron chi connectivity index (χ0n) is 19.4. The van der Waals surface area contributed by atoms with Gasteiger partial charge in [-0.1, -0.05) is 93.9 Å². The van der Waals surface area contributed by atoms with Crippen LogP contribution in [0.25, 0.3) is 0 Å². The van der Waals surface area contributed by atoms with E-state index in [1.807, 2.05) is 0 Å². The third-order valence-electron chi connectivity index (χ3n) is 5.86. The number of aliphatic hydroxyl groups excluding tert-OH is 1. The van der Waals surface area contributed by atoms with Gasteiger partial charge in [0.25, 0.3) is 0 Å². The number of unbranched alkanes of at least 4 members (excludes halogenated alkanes) is 5. The standard InChI is InChI=1S/C24H50OS/c1-9-11-12-13-14-15-18-26-19-17-21(24(6,7)8)22(25)20(16-10-2)23(3,4)5/h20-22,25H,9-19H2,1-8H3. The minimum absolute atomic E-state index is 0.164. The number of aliphatic hydroxyl groups is 1. The van der Waals surface area contributed by atoms with Crippen molar-refractivity contribution in [2.45, 2.75) is 119 Å². The van der Waals surface area contributed by atoms with Gasteiger partial charge in [0.2, 0.25) is 0 Å². The predicted molar refractivity (Wildman–Crippen MR) is 122 cm³/mol. The molecule has 2 heteroatoms. The van der Waals surface area contributed by atoms with Gasteiger partial charge < -0.3 is 5.11 Å². The maximum Gasteiger partial charge on any atom is 0.0606 e. The van der Waals surface area contributed by atoms with Crippen molar-refractivity contribution in [1.82, 2.24) is 0 Å². The zero-order valence-corrected chi connectivity index (χ0v) is 20.2. The van der Waals surface area contributed by atoms with Crippen LogP contribution in [0.1, 0.15) is 113 Å². The molecule has 26 heavy (non-hydrogen) atoms. The Morgan fingerprint density at radius 3 is 1.65 bits per heavy atom. The Morgan fingerprint density at radius 2 is 1.15 bits per heavy atom. The Kier molecular flexibility index (Phi) is 13.6. The molecule has 1 N–H and O–H groups in total. The number of thioether (sulfide) groups is 1. The van der Waals surface area contributed by atoms with Crippen molar-refractivity contribution in [2.75, 3.05) is 11.5 Å². The van der Waals surface area contributed by atoms with Gasteiger partial charge in [-0.2, -0.15) is 11.8 Å². The quantitative estimate of drug-likeness (QED) is 0.305. The van der Waals surface area contributed by atoms with Crippen LogP contribution in [0.3, 0.4) is 0 Å². The molecule has 0 amide bonds. The summed E-state index contributed by atoms with van der Waals surface area (Å²) in [5, 5.41) is 11.3. The number of hydrogen-bond donors (Lipinski definition) is 1. The van der Waals surface area contributed by atoms with Gasteiger partial charge in [-0.15, -0.1) is 0 Å². The van der Waals surface area contributed by atoms with E-state index in [1.165, 1.54) is 50.0 Å². The summed E-state index contributed by atoms with van der Waals surface area (Å²) in [6, 6.07) is 0. The molecule has 0 aliphatic carbocycles. The van der Waals surface area contributed by atoms with Gasteiger partial charge in [-0.25, -0.2) is 0 Å². The molecule has 0 aromatic carbocycles. The Hall–Kier alpha value is 0.310. The highest BCUT2D eigenvalue weighted by Crippen LogP contribution is 2.42. The van der Waals surface area contributed by atoms with Crippen molar-refractivity contribution in [1.29, 1.82) is 0 Å². The summed E-state index contributed by atoms with van der Waals surface area (Å²) in [5.41, 5.74) is 0.335. The van der Waals surface area contributed by atoms with Gasteiger partial charge in [0.05, 0.1) is 6.10 Å². The van der Waals surface area contributed by atoms with E-state index in [4.69, 9.17) is 0 Å². The monoisotopic (exact) mass is 386 g/mol. The highest BCUT2D eigenvalue weighted by atomic mass is 32.2. The first-order chi connectivity index (χ1) is 12.1. The van der Waals surface area contributed by atoms with Crippen LogP contribution in [0.2, 0.25) is 0 Å². The summed E-state index contributed by atoms with van der Waals surface area (Å²) in [7, 11) is 0. The molecule has 0 aliphatic rings. The topological polar surface area (TPSA) is 20.2 Å². The van der Waals surface area contributed by atoms with E-state index in [-0.39, 0.29) is 16.9 Å². The van der Waals surface area contributed by atoms with Crippen LogP contribution in [0.5, 0.6) is 0 Å². The molecule has 0 aromatic heterocycles. The molecule has 0 saturated heterocycles. The van der Waals surface area contributed by atoms with E-state index < -0.39 is 0 Å². The Labute approximate surface area is 170 Å². The first-order valence-corrected chi connectivity index (χ1v) is 12.5. The average Bonchev–Trinajstić information content (AvgIpc) is 2.51. The first-order valence-electron chi connectivity index (χ1n) is 11.3. The van der Waals surface area contributed by atoms with Crippen LogP contribution in [0, 0.1) is 22.7 Å². The van der Waals surface area contributed by atoms with E-state index in [9.17, 15) is 5.11 Å². The fourth-order valence-electron chi connectivity index (χ4n) is 4.12. The van der Waals surface area contributed by atoms with Gasteiger partial charge in [0, 0.05) is 0 Å². The molecule has 0 saturated carbocycles. The van der Waals surface area contributed by atoms with Crippen LogP contribution in [-0.4, -0.2) is 22.7 Å². The Bertz CT molecular complexity index is 326. The second-order valence-electron chi connectivity index (χ2n) is 10.4. The van der Waals surface area contributed by atoms with Crippen LogP contribution in [-0.2, 0) is 0 Å². The molecule has 0 radical (unpaired) electrons. The van der Waals surface area contributed by atoms with Crippen molar-refractivity contribution in [3.05, 3.63) is 0 Å². The summed E-state index contributed by atoms with van der Waals surface area (Å²) in [6.07, 6.45) is 11.5. The lowest BCUT2D eigenvalue weighted by Gasteiger charge is -2.43. The van der Waals surface area contributed by atoms with E-state index in [0.29, 0.717) is 11.8 Å². The molecule has 0 bridgehead atoms. The molecule has 0 spiro atoms. The summed E-state index contributed by atoms with van der Waals surface area (Å²) < 4.78 is 0. The molecular formula is C24H50OS. The van der Waals surface area contributed by atoms with Gasteiger partial charge in [-0.3, -0.25) is 0 Å². The van der Waals surface area contributed by atoms with Crippen LogP contribution in [0.4, 0.5) is 0 Å². The minimum Gasteiger partial charge on any atom is -0.393 e. The zero-order chi connectivity index (χ0) is 20.2. The summed E-state index contributed by atoms with van der Waals surface area (Å²) in [4.78, 5) is 0. The maximum atomic E-state index is 11.3. The molecule has 0 rings (SSSR count). The van der Waals surface area contributed by atoms with E-state index in [1.54, 1.807) is 0 Å². The molecule has 1 nitrogen and oxygen atoms in total. The molecule has 158 valence electrons. The Balaban J connectivity index is 4.45. The fourth-order valence-corrected chi connectivity index (χ4v) is 5.15. The highest BCUT2D eigenvalue weighted by Gasteiger charge is 2.39. The van der Waals surface area contributed by atoms with E-state index in [0.717, 1.165) is 19.3 Å². The predicted octanol–water partition coefficient (Wildman–Crippen LogP) is 7.96. The molecule has 0 fully saturated rings. The molecule has 0 aliphatic heterocycles. The van der Waals surface area contributed by atoms with E-state index in [2.05, 4.69) is 67.2 Å². The van der Waals surface area contributed by atoms with Gasteiger partial charge >= 0.3 is 0 Å². The second kappa shape index (κ2) is 13.5. The van der Waals surface area contributed by atoms with Gasteiger partial charge in [-0.05, 0) is 53.4 Å². The van der Waals surface area contributed by atoms with Crippen molar-refractivity contribution in [2.24, 2.45) is 22.7 Å². The summed E-state index contributed by atoms with van der Waals surface area (Å²) >= 11 is 2.10. The lowest BCUT2D eigenvalue weighted by atomic mass is 9.65. The van der Waals surface area contributed by atoms with E-state index >= 15 is 0 Å². The van der Waals surface area contributed by atoms with Crippen LogP contribution < -0.4 is 0 Å². The summed E-state index contributed by atoms with van der Waals surface area (Å²) in [5.74, 6) is 3.25. The smallest absolute Gasteiger partial charge is 0.0606 e. The van der Waals surface area contributed by atoms with Crippen LogP contribution >= 0.6 is 11.8 Å². The molecule has 0 aromatic rings. The van der Waals surface area contributed by atoms with Crippen molar-refractivity contribution in [3.8, 4) is 0 Å². The van der Waals surface area contributed by atoms with Gasteiger partial charge in [0.1, 0.15) is 0 Å². The Morgan fingerprint density at radius 1 is 0.654 bits per heavy atom. The first kappa shape index (κ1) is 26.3. The maximum absolute atomic E-state index is 11.3.